The summed E-state index contributed by atoms with van der Waals surface area (Å²) in [6.45, 7) is 5.08. The Labute approximate surface area is 230 Å². The lowest BCUT2D eigenvalue weighted by atomic mass is 9.94. The molecule has 0 bridgehead atoms. The predicted molar refractivity (Wildman–Crippen MR) is 150 cm³/mol. The number of nitrogens with zero attached hydrogens (tertiary/aromatic N) is 3. The highest BCUT2D eigenvalue weighted by atomic mass is 35.5. The van der Waals surface area contributed by atoms with Gasteiger partial charge in [0.2, 0.25) is 5.91 Å². The molecule has 1 heterocycles. The second-order valence-electron chi connectivity index (χ2n) is 10.1. The molecule has 3 aromatic rings. The Morgan fingerprint density at radius 1 is 0.946 bits per heavy atom. The molecule has 1 aliphatic carbocycles. The number of amides is 2. The number of benzene rings is 2. The highest BCUT2D eigenvalue weighted by Gasteiger charge is 2.30. The van der Waals surface area contributed by atoms with E-state index in [1.807, 2.05) is 55.3 Å². The first-order chi connectivity index (χ1) is 17.8. The van der Waals surface area contributed by atoms with E-state index in [1.54, 1.807) is 29.2 Å². The maximum absolute atomic E-state index is 13.9. The third kappa shape index (κ3) is 6.97. The zero-order valence-corrected chi connectivity index (χ0v) is 23.1. The summed E-state index contributed by atoms with van der Waals surface area (Å²) < 4.78 is 2.16. The lowest BCUT2D eigenvalue weighted by Gasteiger charge is -2.37. The molecule has 0 atom stereocenters. The van der Waals surface area contributed by atoms with Gasteiger partial charge in [0.05, 0.1) is 6.54 Å². The predicted octanol–water partition coefficient (Wildman–Crippen LogP) is 7.06. The minimum atomic E-state index is -0.161. The summed E-state index contributed by atoms with van der Waals surface area (Å²) in [6.07, 6.45) is 7.45. The fourth-order valence-electron chi connectivity index (χ4n) is 5.03. The molecule has 0 N–H and O–H groups in total. The minimum absolute atomic E-state index is 0.0200. The van der Waals surface area contributed by atoms with Gasteiger partial charge in [0.15, 0.2) is 0 Å². The van der Waals surface area contributed by atoms with E-state index >= 15 is 0 Å². The van der Waals surface area contributed by atoms with E-state index in [9.17, 15) is 9.59 Å². The normalized spacial score (nSPS) is 14.1. The van der Waals surface area contributed by atoms with Crippen molar-refractivity contribution in [2.45, 2.75) is 71.1 Å². The standard InChI is InChI=1S/C30H35Cl2N3O2/c1-22(2)34(30(37)23-14-16-25(31)17-15-23)21-29(36)35(26-10-4-3-5-11-26)20-27-12-8-18-33(27)19-24-9-6-7-13-28(24)32/h6-9,12-18,22,26H,3-5,10-11,19-21H2,1-2H3. The Morgan fingerprint density at radius 2 is 1.65 bits per heavy atom. The van der Waals surface area contributed by atoms with Crippen LogP contribution in [-0.2, 0) is 17.9 Å². The van der Waals surface area contributed by atoms with Gasteiger partial charge < -0.3 is 14.4 Å². The monoisotopic (exact) mass is 539 g/mol. The van der Waals surface area contributed by atoms with Gasteiger partial charge in [0, 0.05) is 46.1 Å². The second-order valence-corrected chi connectivity index (χ2v) is 10.9. The van der Waals surface area contributed by atoms with E-state index in [2.05, 4.69) is 10.6 Å². The van der Waals surface area contributed by atoms with E-state index in [0.29, 0.717) is 23.7 Å². The van der Waals surface area contributed by atoms with Gasteiger partial charge in [-0.15, -0.1) is 0 Å². The van der Waals surface area contributed by atoms with E-state index < -0.39 is 0 Å². The van der Waals surface area contributed by atoms with Gasteiger partial charge in [0.25, 0.3) is 5.91 Å². The maximum Gasteiger partial charge on any atom is 0.254 e. The van der Waals surface area contributed by atoms with Crippen LogP contribution in [0.2, 0.25) is 10.0 Å². The lowest BCUT2D eigenvalue weighted by Crippen LogP contribution is -2.49. The molecule has 0 unspecified atom stereocenters. The average Bonchev–Trinajstić information content (AvgIpc) is 3.34. The number of aromatic nitrogens is 1. The molecule has 5 nitrogen and oxygen atoms in total. The molecule has 2 amide bonds. The first-order valence-corrected chi connectivity index (χ1v) is 13.8. The number of rotatable bonds is 9. The highest BCUT2D eigenvalue weighted by Crippen LogP contribution is 2.26. The number of carbonyl (C=O) groups excluding carboxylic acids is 2. The zero-order valence-electron chi connectivity index (χ0n) is 21.6. The average molecular weight is 541 g/mol. The fraction of sp³-hybridized carbons (Fsp3) is 0.400. The number of carbonyl (C=O) groups is 2. The molecule has 1 aromatic heterocycles. The van der Waals surface area contributed by atoms with Crippen molar-refractivity contribution >= 4 is 35.0 Å². The van der Waals surface area contributed by atoms with Crippen molar-refractivity contribution in [1.29, 1.82) is 0 Å². The molecule has 0 radical (unpaired) electrons. The van der Waals surface area contributed by atoms with Gasteiger partial charge in [-0.05, 0) is 74.7 Å². The van der Waals surface area contributed by atoms with Crippen LogP contribution in [0.15, 0.2) is 66.9 Å². The van der Waals surface area contributed by atoms with Crippen LogP contribution in [0.5, 0.6) is 0 Å². The van der Waals surface area contributed by atoms with E-state index in [0.717, 1.165) is 42.0 Å². The molecule has 196 valence electrons. The highest BCUT2D eigenvalue weighted by molar-refractivity contribution is 6.31. The van der Waals surface area contributed by atoms with Crippen molar-refractivity contribution in [2.75, 3.05) is 6.54 Å². The third-order valence-electron chi connectivity index (χ3n) is 7.17. The van der Waals surface area contributed by atoms with Crippen LogP contribution in [0.3, 0.4) is 0 Å². The topological polar surface area (TPSA) is 45.6 Å². The Balaban J connectivity index is 1.55. The summed E-state index contributed by atoms with van der Waals surface area (Å²) >= 11 is 12.4. The van der Waals surface area contributed by atoms with Gasteiger partial charge in [-0.1, -0.05) is 60.7 Å². The Kier molecular flexibility index (Phi) is 9.33. The molecule has 37 heavy (non-hydrogen) atoms. The summed E-state index contributed by atoms with van der Waals surface area (Å²) in [4.78, 5) is 30.9. The molecular weight excluding hydrogens is 505 g/mol. The molecule has 1 fully saturated rings. The van der Waals surface area contributed by atoms with Gasteiger partial charge in [-0.25, -0.2) is 0 Å². The van der Waals surface area contributed by atoms with Crippen LogP contribution in [0.4, 0.5) is 0 Å². The zero-order chi connectivity index (χ0) is 26.4. The molecule has 4 rings (SSSR count). The molecule has 7 heteroatoms. The van der Waals surface area contributed by atoms with E-state index in [4.69, 9.17) is 23.2 Å². The van der Waals surface area contributed by atoms with Crippen molar-refractivity contribution in [3.05, 3.63) is 93.7 Å². The largest absolute Gasteiger partial charge is 0.345 e. The molecule has 2 aromatic carbocycles. The molecular formula is C30H35Cl2N3O2. The van der Waals surface area contributed by atoms with Gasteiger partial charge in [-0.3, -0.25) is 9.59 Å². The SMILES string of the molecule is CC(C)N(CC(=O)N(Cc1cccn1Cc1ccccc1Cl)C1CCCCC1)C(=O)c1ccc(Cl)cc1. The number of hydrogen-bond acceptors (Lipinski definition) is 2. The smallest absolute Gasteiger partial charge is 0.254 e. The van der Waals surface area contributed by atoms with E-state index in [-0.39, 0.29) is 30.4 Å². The summed E-state index contributed by atoms with van der Waals surface area (Å²) in [5, 5.41) is 1.31. The first-order valence-electron chi connectivity index (χ1n) is 13.1. The Bertz CT molecular complexity index is 1200. The molecule has 0 aliphatic heterocycles. The Morgan fingerprint density at radius 3 is 2.32 bits per heavy atom. The summed E-state index contributed by atoms with van der Waals surface area (Å²) in [5.41, 5.74) is 2.62. The molecule has 1 aliphatic rings. The quantitative estimate of drug-likeness (QED) is 0.292. The number of halogens is 2. The molecule has 1 saturated carbocycles. The van der Waals surface area contributed by atoms with Gasteiger partial charge >= 0.3 is 0 Å². The van der Waals surface area contributed by atoms with Crippen LogP contribution in [0.1, 0.15) is 67.6 Å². The molecule has 0 saturated heterocycles. The van der Waals surface area contributed by atoms with Crippen molar-refractivity contribution in [2.24, 2.45) is 0 Å². The maximum atomic E-state index is 13.9. The van der Waals surface area contributed by atoms with Crippen molar-refractivity contribution in [3.63, 3.8) is 0 Å². The minimum Gasteiger partial charge on any atom is -0.345 e. The van der Waals surface area contributed by atoms with Crippen LogP contribution in [0.25, 0.3) is 0 Å². The van der Waals surface area contributed by atoms with Gasteiger partial charge in [-0.2, -0.15) is 0 Å². The summed E-state index contributed by atoms with van der Waals surface area (Å²) in [5.74, 6) is -0.181. The van der Waals surface area contributed by atoms with Crippen LogP contribution < -0.4 is 0 Å². The first kappa shape index (κ1) is 27.3. The van der Waals surface area contributed by atoms with Crippen molar-refractivity contribution in [3.8, 4) is 0 Å². The third-order valence-corrected chi connectivity index (χ3v) is 7.79. The van der Waals surface area contributed by atoms with Crippen molar-refractivity contribution < 1.29 is 9.59 Å². The van der Waals surface area contributed by atoms with Crippen LogP contribution >= 0.6 is 23.2 Å². The molecule has 0 spiro atoms. The van der Waals surface area contributed by atoms with Crippen molar-refractivity contribution in [1.82, 2.24) is 14.4 Å². The summed E-state index contributed by atoms with van der Waals surface area (Å²) in [6, 6.07) is 18.8. The second kappa shape index (κ2) is 12.7. The van der Waals surface area contributed by atoms with Gasteiger partial charge in [0.1, 0.15) is 6.54 Å². The van der Waals surface area contributed by atoms with Crippen LogP contribution in [-0.4, -0.2) is 44.8 Å². The number of hydrogen-bond donors (Lipinski definition) is 0. The Hall–Kier alpha value is -2.76. The lowest BCUT2D eigenvalue weighted by molar-refractivity contribution is -0.136. The van der Waals surface area contributed by atoms with Crippen LogP contribution in [0, 0.1) is 0 Å². The fourth-order valence-corrected chi connectivity index (χ4v) is 5.35. The summed E-state index contributed by atoms with van der Waals surface area (Å²) in [7, 11) is 0. The van der Waals surface area contributed by atoms with E-state index in [1.165, 1.54) is 6.42 Å².